The third kappa shape index (κ3) is 3.70. The largest absolute Gasteiger partial charge is 0.507 e. The number of hydrogen-bond donors (Lipinski definition) is 1. The lowest BCUT2D eigenvalue weighted by Gasteiger charge is -2.15. The highest BCUT2D eigenvalue weighted by molar-refractivity contribution is 6.24. The molecule has 0 atom stereocenters. The van der Waals surface area contributed by atoms with Crippen molar-refractivity contribution in [3.63, 3.8) is 0 Å². The van der Waals surface area contributed by atoms with E-state index in [-0.39, 0.29) is 0 Å². The van der Waals surface area contributed by atoms with E-state index in [4.69, 9.17) is 0 Å². The van der Waals surface area contributed by atoms with Gasteiger partial charge in [-0.05, 0) is 71.4 Å². The second-order valence-electron chi connectivity index (χ2n) is 10.1. The van der Waals surface area contributed by atoms with Gasteiger partial charge in [0.2, 0.25) is 0 Å². The van der Waals surface area contributed by atoms with Gasteiger partial charge < -0.3 is 5.11 Å². The van der Waals surface area contributed by atoms with Crippen LogP contribution in [0.1, 0.15) is 39.2 Å². The van der Waals surface area contributed by atoms with Gasteiger partial charge in [0.05, 0.1) is 0 Å². The Morgan fingerprint density at radius 3 is 1.29 bits per heavy atom. The van der Waals surface area contributed by atoms with Crippen LogP contribution in [0, 0.1) is 0 Å². The average Bonchev–Trinajstić information content (AvgIpc) is 2.97. The van der Waals surface area contributed by atoms with Crippen LogP contribution in [0.2, 0.25) is 0 Å². The van der Waals surface area contributed by atoms with Crippen LogP contribution >= 0.6 is 0 Å². The van der Waals surface area contributed by atoms with Crippen molar-refractivity contribution < 1.29 is 5.11 Å². The van der Waals surface area contributed by atoms with Gasteiger partial charge in [-0.3, -0.25) is 0 Å². The smallest absolute Gasteiger partial charge is 0.123 e. The topological polar surface area (TPSA) is 20.2 Å². The first-order valence-corrected chi connectivity index (χ1v) is 13.6. The molecule has 1 heteroatoms. The Labute approximate surface area is 223 Å². The molecule has 0 saturated heterocycles. The van der Waals surface area contributed by atoms with E-state index < -0.39 is 0 Å². The minimum atomic E-state index is 0.357. The van der Waals surface area contributed by atoms with Crippen molar-refractivity contribution in [1.29, 1.82) is 0 Å². The fourth-order valence-corrected chi connectivity index (χ4v) is 5.98. The molecule has 1 nitrogen and oxygen atoms in total. The van der Waals surface area contributed by atoms with Crippen molar-refractivity contribution in [3.8, 4) is 5.75 Å². The number of rotatable bonds is 1. The minimum absolute atomic E-state index is 0.357. The SMILES string of the molecule is CC.CC(C)c1ccc2ccc3cccc4ccc1c2c34.Oc1ccc2ccc3cccc4ccc1c2c34. The fourth-order valence-electron chi connectivity index (χ4n) is 5.98. The molecule has 0 heterocycles. The van der Waals surface area contributed by atoms with E-state index >= 15 is 0 Å². The standard InChI is InChI=1S/C19H16.C16H10O.C2H6/c1-12(2)16-10-8-15-7-6-13-4-3-5-14-9-11-17(16)19(15)18(13)14;17-14-9-7-12-5-4-10-2-1-3-11-6-8-13(14)16(12)15(10)11;1-2/h3-12H,1-2H3;1-9,17H;1-2H3. The normalized spacial score (nSPS) is 11.5. The highest BCUT2D eigenvalue weighted by Crippen LogP contribution is 2.39. The Morgan fingerprint density at radius 1 is 0.421 bits per heavy atom. The maximum Gasteiger partial charge on any atom is 0.123 e. The van der Waals surface area contributed by atoms with Crippen LogP contribution in [0.4, 0.5) is 0 Å². The molecule has 186 valence electrons. The number of phenols is 1. The Kier molecular flexibility index (Phi) is 6.00. The van der Waals surface area contributed by atoms with Crippen LogP contribution in [0.25, 0.3) is 64.6 Å². The summed E-state index contributed by atoms with van der Waals surface area (Å²) < 4.78 is 0. The Hall–Kier alpha value is -4.36. The monoisotopic (exact) mass is 492 g/mol. The molecule has 0 aliphatic rings. The van der Waals surface area contributed by atoms with Crippen LogP contribution in [-0.2, 0) is 0 Å². The number of benzene rings is 8. The second kappa shape index (κ2) is 9.50. The van der Waals surface area contributed by atoms with Gasteiger partial charge in [-0.1, -0.05) is 131 Å². The number of aromatic hydroxyl groups is 1. The molecule has 0 aromatic heterocycles. The summed E-state index contributed by atoms with van der Waals surface area (Å²) >= 11 is 0. The van der Waals surface area contributed by atoms with E-state index in [0.29, 0.717) is 11.7 Å². The first kappa shape index (κ1) is 24.0. The molecule has 8 rings (SSSR count). The highest BCUT2D eigenvalue weighted by atomic mass is 16.3. The molecule has 0 radical (unpaired) electrons. The molecule has 38 heavy (non-hydrogen) atoms. The molecule has 8 aromatic carbocycles. The predicted octanol–water partition coefficient (Wildman–Crippen LogP) is 11.0. The molecule has 0 saturated carbocycles. The minimum Gasteiger partial charge on any atom is -0.507 e. The lowest BCUT2D eigenvalue weighted by Crippen LogP contribution is -1.91. The maximum atomic E-state index is 9.95. The first-order valence-electron chi connectivity index (χ1n) is 13.6. The van der Waals surface area contributed by atoms with Gasteiger partial charge in [-0.25, -0.2) is 0 Å². The lowest BCUT2D eigenvalue weighted by atomic mass is 9.89. The fraction of sp³-hybridized carbons (Fsp3) is 0.135. The third-order valence-corrected chi connectivity index (χ3v) is 7.69. The molecular weight excluding hydrogens is 460 g/mol. The summed E-state index contributed by atoms with van der Waals surface area (Å²) in [7, 11) is 0. The summed E-state index contributed by atoms with van der Waals surface area (Å²) in [6.45, 7) is 8.54. The molecule has 0 amide bonds. The molecule has 0 bridgehead atoms. The van der Waals surface area contributed by atoms with E-state index in [0.717, 1.165) is 5.39 Å². The molecule has 0 aliphatic heterocycles. The predicted molar refractivity (Wildman–Crippen MR) is 167 cm³/mol. The van der Waals surface area contributed by atoms with Crippen LogP contribution in [0.3, 0.4) is 0 Å². The van der Waals surface area contributed by atoms with E-state index in [1.807, 2.05) is 26.0 Å². The molecule has 1 N–H and O–H groups in total. The Bertz CT molecular complexity index is 2000. The van der Waals surface area contributed by atoms with Gasteiger partial charge in [0.25, 0.3) is 0 Å². The van der Waals surface area contributed by atoms with Crippen LogP contribution in [-0.4, -0.2) is 5.11 Å². The van der Waals surface area contributed by atoms with Gasteiger partial charge in [0.15, 0.2) is 0 Å². The average molecular weight is 493 g/mol. The van der Waals surface area contributed by atoms with Crippen LogP contribution < -0.4 is 0 Å². The van der Waals surface area contributed by atoms with E-state index in [1.165, 1.54) is 64.8 Å². The molecule has 0 fully saturated rings. The molecule has 8 aromatic rings. The summed E-state index contributed by atoms with van der Waals surface area (Å²) in [6, 6.07) is 38.5. The summed E-state index contributed by atoms with van der Waals surface area (Å²) in [5.74, 6) is 0.917. The zero-order chi connectivity index (χ0) is 26.4. The van der Waals surface area contributed by atoms with Gasteiger partial charge in [-0.15, -0.1) is 0 Å². The van der Waals surface area contributed by atoms with E-state index in [9.17, 15) is 5.11 Å². The quantitative estimate of drug-likeness (QED) is 0.226. The second-order valence-corrected chi connectivity index (χ2v) is 10.1. The van der Waals surface area contributed by atoms with Gasteiger partial charge in [-0.2, -0.15) is 0 Å². The van der Waals surface area contributed by atoms with Crippen LogP contribution in [0.15, 0.2) is 109 Å². The lowest BCUT2D eigenvalue weighted by molar-refractivity contribution is 0.482. The maximum absolute atomic E-state index is 9.95. The zero-order valence-electron chi connectivity index (χ0n) is 22.4. The Balaban J connectivity index is 0.000000131. The first-order chi connectivity index (χ1) is 18.6. The molecular formula is C37H32O. The third-order valence-electron chi connectivity index (χ3n) is 7.69. The zero-order valence-corrected chi connectivity index (χ0v) is 22.4. The van der Waals surface area contributed by atoms with E-state index in [1.54, 1.807) is 6.07 Å². The summed E-state index contributed by atoms with van der Waals surface area (Å²) in [6.07, 6.45) is 0. The van der Waals surface area contributed by atoms with Crippen molar-refractivity contribution in [1.82, 2.24) is 0 Å². The van der Waals surface area contributed by atoms with Gasteiger partial charge >= 0.3 is 0 Å². The van der Waals surface area contributed by atoms with Gasteiger partial charge in [0.1, 0.15) is 5.75 Å². The summed E-state index contributed by atoms with van der Waals surface area (Å²) in [4.78, 5) is 0. The highest BCUT2D eigenvalue weighted by Gasteiger charge is 2.12. The van der Waals surface area contributed by atoms with Crippen molar-refractivity contribution >= 4 is 64.6 Å². The summed E-state index contributed by atoms with van der Waals surface area (Å²) in [5.41, 5.74) is 1.45. The molecule has 0 spiro atoms. The van der Waals surface area contributed by atoms with Crippen molar-refractivity contribution in [2.45, 2.75) is 33.6 Å². The number of phenolic OH excluding ortho intramolecular Hbond substituents is 1. The van der Waals surface area contributed by atoms with Gasteiger partial charge in [0, 0.05) is 10.8 Å². The molecule has 0 unspecified atom stereocenters. The van der Waals surface area contributed by atoms with E-state index in [2.05, 4.69) is 105 Å². The summed E-state index contributed by atoms with van der Waals surface area (Å²) in [5, 5.41) is 25.2. The molecule has 0 aliphatic carbocycles. The van der Waals surface area contributed by atoms with Crippen molar-refractivity contribution in [3.05, 3.63) is 115 Å². The van der Waals surface area contributed by atoms with Crippen molar-refractivity contribution in [2.75, 3.05) is 0 Å². The van der Waals surface area contributed by atoms with Crippen LogP contribution in [0.5, 0.6) is 5.75 Å². The Morgan fingerprint density at radius 2 is 0.789 bits per heavy atom. The number of hydrogen-bond acceptors (Lipinski definition) is 1. The van der Waals surface area contributed by atoms with Crippen molar-refractivity contribution in [2.24, 2.45) is 0 Å².